The van der Waals surface area contributed by atoms with Gasteiger partial charge in [0.25, 0.3) is 0 Å². The van der Waals surface area contributed by atoms with Gasteiger partial charge >= 0.3 is 0 Å². The van der Waals surface area contributed by atoms with Crippen LogP contribution in [0.2, 0.25) is 0 Å². The Hall–Kier alpha value is -1.91. The monoisotopic (exact) mass is 427 g/mol. The number of thioether (sulfide) groups is 1. The maximum absolute atomic E-state index is 12.5. The van der Waals surface area contributed by atoms with E-state index in [0.29, 0.717) is 18.6 Å². The maximum Gasteiger partial charge on any atom is 0.241 e. The Balaban J connectivity index is 1.89. The van der Waals surface area contributed by atoms with Gasteiger partial charge in [-0.25, -0.2) is 8.42 Å². The highest BCUT2D eigenvalue weighted by Crippen LogP contribution is 2.12. The lowest BCUT2D eigenvalue weighted by Gasteiger charge is -2.19. The van der Waals surface area contributed by atoms with Crippen molar-refractivity contribution < 1.29 is 22.8 Å². The van der Waals surface area contributed by atoms with E-state index in [9.17, 15) is 22.8 Å². The second kappa shape index (κ2) is 10.6. The minimum absolute atomic E-state index is 0.100. The summed E-state index contributed by atoms with van der Waals surface area (Å²) in [6, 6.07) is 6.99. The summed E-state index contributed by atoms with van der Waals surface area (Å²) in [7, 11) is -3.81. The largest absolute Gasteiger partial charge is 0.355 e. The Morgan fingerprint density at radius 3 is 2.43 bits per heavy atom. The third-order valence-electron chi connectivity index (χ3n) is 4.29. The number of likely N-dealkylation sites (tertiary alicyclic amines) is 1. The normalized spacial score (nSPS) is 15.7. The van der Waals surface area contributed by atoms with Crippen molar-refractivity contribution in [2.24, 2.45) is 0 Å². The topological polar surface area (TPSA) is 113 Å². The standard InChI is InChI=1S/C18H25N3O5S2/c1-27-13-10-15(20-28(25,26)14-6-3-2-4-7-14)18(24)19-11-5-12-21-16(22)8-9-17(21)23/h2-4,6-7,15,20H,5,8-13H2,1H3,(H,19,24). The van der Waals surface area contributed by atoms with Gasteiger partial charge in [0.2, 0.25) is 27.7 Å². The summed E-state index contributed by atoms with van der Waals surface area (Å²) in [6.07, 6.45) is 3.13. The minimum Gasteiger partial charge on any atom is -0.355 e. The molecule has 1 unspecified atom stereocenters. The Bertz CT molecular complexity index is 783. The molecular formula is C18H25N3O5S2. The van der Waals surface area contributed by atoms with E-state index in [1.54, 1.807) is 18.2 Å². The van der Waals surface area contributed by atoms with E-state index in [1.807, 2.05) is 6.26 Å². The number of amides is 3. The smallest absolute Gasteiger partial charge is 0.241 e. The predicted octanol–water partition coefficient (Wildman–Crippen LogP) is 0.742. The van der Waals surface area contributed by atoms with Crippen LogP contribution in [0.1, 0.15) is 25.7 Å². The molecule has 0 radical (unpaired) electrons. The SMILES string of the molecule is CSCCC(NS(=O)(=O)c1ccccc1)C(=O)NCCCN1C(=O)CCC1=O. The third-order valence-corrected chi connectivity index (χ3v) is 6.42. The zero-order chi connectivity index (χ0) is 20.6. The molecule has 1 fully saturated rings. The van der Waals surface area contributed by atoms with Crippen LogP contribution in [-0.4, -0.2) is 62.2 Å². The quantitative estimate of drug-likeness (QED) is 0.398. The number of benzene rings is 1. The molecule has 154 valence electrons. The Morgan fingerprint density at radius 1 is 1.18 bits per heavy atom. The van der Waals surface area contributed by atoms with Crippen LogP contribution in [0, 0.1) is 0 Å². The maximum atomic E-state index is 12.5. The van der Waals surface area contributed by atoms with Crippen molar-refractivity contribution in [3.8, 4) is 0 Å². The first kappa shape index (κ1) is 22.4. The van der Waals surface area contributed by atoms with Crippen molar-refractivity contribution in [2.45, 2.75) is 36.6 Å². The minimum atomic E-state index is -3.81. The van der Waals surface area contributed by atoms with Gasteiger partial charge in [0.15, 0.2) is 0 Å². The number of carbonyl (C=O) groups is 3. The first-order valence-electron chi connectivity index (χ1n) is 9.02. The van der Waals surface area contributed by atoms with Crippen LogP contribution in [0.4, 0.5) is 0 Å². The predicted molar refractivity (Wildman–Crippen MR) is 107 cm³/mol. The number of hydrogen-bond acceptors (Lipinski definition) is 6. The Kier molecular flexibility index (Phi) is 8.46. The van der Waals surface area contributed by atoms with Crippen LogP contribution >= 0.6 is 11.8 Å². The molecule has 0 aliphatic carbocycles. The molecule has 3 amide bonds. The molecule has 1 aliphatic rings. The summed E-state index contributed by atoms with van der Waals surface area (Å²) in [5.41, 5.74) is 0. The number of nitrogens with zero attached hydrogens (tertiary/aromatic N) is 1. The second-order valence-electron chi connectivity index (χ2n) is 6.35. The summed E-state index contributed by atoms with van der Waals surface area (Å²) < 4.78 is 27.5. The fourth-order valence-corrected chi connectivity index (χ4v) is 4.50. The third kappa shape index (κ3) is 6.32. The molecule has 1 saturated heterocycles. The molecule has 0 spiro atoms. The molecule has 8 nitrogen and oxygen atoms in total. The molecule has 28 heavy (non-hydrogen) atoms. The van der Waals surface area contributed by atoms with Crippen molar-refractivity contribution in [1.29, 1.82) is 0 Å². The number of imide groups is 1. The van der Waals surface area contributed by atoms with Gasteiger partial charge in [-0.3, -0.25) is 19.3 Å². The highest BCUT2D eigenvalue weighted by Gasteiger charge is 2.28. The highest BCUT2D eigenvalue weighted by molar-refractivity contribution is 7.98. The van der Waals surface area contributed by atoms with Gasteiger partial charge in [-0.1, -0.05) is 18.2 Å². The summed E-state index contributed by atoms with van der Waals surface area (Å²) in [5, 5.41) is 2.69. The van der Waals surface area contributed by atoms with Crippen LogP contribution in [0.5, 0.6) is 0 Å². The Labute approximate surface area is 169 Å². The van der Waals surface area contributed by atoms with Crippen LogP contribution in [0.15, 0.2) is 35.2 Å². The van der Waals surface area contributed by atoms with E-state index in [0.717, 1.165) is 0 Å². The van der Waals surface area contributed by atoms with Crippen LogP contribution in [-0.2, 0) is 24.4 Å². The molecule has 1 aliphatic heterocycles. The molecule has 1 aromatic rings. The average Bonchev–Trinajstić information content (AvgIpc) is 3.00. The fourth-order valence-electron chi connectivity index (χ4n) is 2.78. The van der Waals surface area contributed by atoms with Crippen molar-refractivity contribution in [2.75, 3.05) is 25.1 Å². The van der Waals surface area contributed by atoms with Crippen molar-refractivity contribution in [3.63, 3.8) is 0 Å². The van der Waals surface area contributed by atoms with Gasteiger partial charge in [0.1, 0.15) is 6.04 Å². The zero-order valence-corrected chi connectivity index (χ0v) is 17.4. The molecule has 1 aromatic carbocycles. The van der Waals surface area contributed by atoms with E-state index in [1.165, 1.54) is 28.8 Å². The van der Waals surface area contributed by atoms with Crippen LogP contribution < -0.4 is 10.0 Å². The Morgan fingerprint density at radius 2 is 1.82 bits per heavy atom. The first-order chi connectivity index (χ1) is 13.3. The lowest BCUT2D eigenvalue weighted by molar-refractivity contribution is -0.138. The van der Waals surface area contributed by atoms with E-state index in [4.69, 9.17) is 0 Å². The van der Waals surface area contributed by atoms with Gasteiger partial charge < -0.3 is 5.32 Å². The number of nitrogens with one attached hydrogen (secondary N) is 2. The molecule has 0 bridgehead atoms. The van der Waals surface area contributed by atoms with E-state index >= 15 is 0 Å². The second-order valence-corrected chi connectivity index (χ2v) is 9.05. The van der Waals surface area contributed by atoms with Gasteiger partial charge in [-0.2, -0.15) is 16.5 Å². The first-order valence-corrected chi connectivity index (χ1v) is 11.9. The lowest BCUT2D eigenvalue weighted by Crippen LogP contribution is -2.47. The number of rotatable bonds is 11. The number of carbonyl (C=O) groups excluding carboxylic acids is 3. The molecule has 2 rings (SSSR count). The van der Waals surface area contributed by atoms with Gasteiger partial charge in [0.05, 0.1) is 4.90 Å². The highest BCUT2D eigenvalue weighted by atomic mass is 32.2. The molecule has 1 heterocycles. The van der Waals surface area contributed by atoms with Crippen molar-refractivity contribution in [3.05, 3.63) is 30.3 Å². The summed E-state index contributed by atoms with van der Waals surface area (Å²) >= 11 is 1.52. The van der Waals surface area contributed by atoms with E-state index in [-0.39, 0.29) is 42.6 Å². The van der Waals surface area contributed by atoms with Crippen LogP contribution in [0.3, 0.4) is 0 Å². The average molecular weight is 428 g/mol. The molecule has 0 aromatic heterocycles. The lowest BCUT2D eigenvalue weighted by atomic mass is 10.2. The van der Waals surface area contributed by atoms with Gasteiger partial charge in [-0.05, 0) is 37.0 Å². The molecule has 0 saturated carbocycles. The number of sulfonamides is 1. The molecule has 10 heteroatoms. The van der Waals surface area contributed by atoms with Crippen molar-refractivity contribution >= 4 is 39.5 Å². The van der Waals surface area contributed by atoms with Crippen molar-refractivity contribution in [1.82, 2.24) is 14.9 Å². The summed E-state index contributed by atoms with van der Waals surface area (Å²) in [6.45, 7) is 0.502. The van der Waals surface area contributed by atoms with Gasteiger partial charge in [0, 0.05) is 25.9 Å². The van der Waals surface area contributed by atoms with Crippen LogP contribution in [0.25, 0.3) is 0 Å². The summed E-state index contributed by atoms with van der Waals surface area (Å²) in [5.74, 6) is -0.186. The molecule has 2 N–H and O–H groups in total. The number of hydrogen-bond donors (Lipinski definition) is 2. The molecule has 1 atom stereocenters. The van der Waals surface area contributed by atoms with E-state index < -0.39 is 22.0 Å². The zero-order valence-electron chi connectivity index (χ0n) is 15.7. The van der Waals surface area contributed by atoms with E-state index in [2.05, 4.69) is 10.0 Å². The molecular weight excluding hydrogens is 402 g/mol. The summed E-state index contributed by atoms with van der Waals surface area (Å²) in [4.78, 5) is 36.9. The fraction of sp³-hybridized carbons (Fsp3) is 0.500. The van der Waals surface area contributed by atoms with Gasteiger partial charge in [-0.15, -0.1) is 0 Å².